The maximum atomic E-state index is 13.6. The third-order valence-electron chi connectivity index (χ3n) is 5.70. The molecule has 1 aromatic carbocycles. The van der Waals surface area contributed by atoms with Crippen LogP contribution >= 0.6 is 23.2 Å². The van der Waals surface area contributed by atoms with Gasteiger partial charge in [-0.3, -0.25) is 9.59 Å². The first-order valence-electron chi connectivity index (χ1n) is 11.5. The summed E-state index contributed by atoms with van der Waals surface area (Å²) in [4.78, 5) is 31.4. The zero-order valence-corrected chi connectivity index (χ0v) is 21.9. The Morgan fingerprint density at radius 2 is 1.93 bits per heavy atom. The molecule has 1 aliphatic heterocycles. The van der Waals surface area contributed by atoms with Crippen LogP contribution in [0.1, 0.15) is 37.9 Å². The summed E-state index contributed by atoms with van der Waals surface area (Å²) in [5.41, 5.74) is 0.846. The van der Waals surface area contributed by atoms with Gasteiger partial charge >= 0.3 is 6.18 Å². The Hall–Kier alpha value is -4.08. The topological polar surface area (TPSA) is 142 Å². The Morgan fingerprint density at radius 3 is 2.58 bits per heavy atom. The second kappa shape index (κ2) is 10.8. The van der Waals surface area contributed by atoms with Crippen LogP contribution in [0.4, 0.5) is 18.9 Å². The lowest BCUT2D eigenvalue weighted by molar-refractivity contribution is -0.145. The smallest absolute Gasteiger partial charge is 0.377 e. The number of pyridine rings is 1. The average molecular weight is 596 g/mol. The number of halogens is 5. The molecular weight excluding hydrogens is 578 g/mol. The van der Waals surface area contributed by atoms with Crippen molar-refractivity contribution in [2.24, 2.45) is 0 Å². The third kappa shape index (κ3) is 5.76. The maximum absolute atomic E-state index is 13.6. The Bertz CT molecular complexity index is 1600. The molecule has 2 amide bonds. The summed E-state index contributed by atoms with van der Waals surface area (Å²) in [7, 11) is 0. The van der Waals surface area contributed by atoms with Crippen LogP contribution in [0.3, 0.4) is 0 Å². The zero-order valence-electron chi connectivity index (χ0n) is 20.4. The normalized spacial score (nSPS) is 13.7. The number of alkyl halides is 3. The van der Waals surface area contributed by atoms with Crippen LogP contribution in [0.25, 0.3) is 5.82 Å². The van der Waals surface area contributed by atoms with Crippen LogP contribution in [-0.4, -0.2) is 66.0 Å². The van der Waals surface area contributed by atoms with Gasteiger partial charge in [-0.05, 0) is 48.0 Å². The SMILES string of the molecule is Cc1cc(Cl)cc(C(=O)NC2COC2)c1NC(=O)c1cc(Cn2nnc(C(F)(F)F)n2)nn1-c1ncccc1Cl. The number of amides is 2. The van der Waals surface area contributed by atoms with E-state index in [1.165, 1.54) is 24.4 Å². The monoisotopic (exact) mass is 595 g/mol. The summed E-state index contributed by atoms with van der Waals surface area (Å²) in [6, 6.07) is 7.24. The van der Waals surface area contributed by atoms with Crippen LogP contribution in [-0.2, 0) is 17.5 Å². The number of anilines is 1. The molecule has 0 radical (unpaired) electrons. The van der Waals surface area contributed by atoms with Gasteiger partial charge in [-0.2, -0.15) is 23.1 Å². The Balaban J connectivity index is 1.50. The van der Waals surface area contributed by atoms with E-state index < -0.39 is 23.8 Å². The number of hydrogen-bond donors (Lipinski definition) is 2. The fourth-order valence-electron chi connectivity index (χ4n) is 3.78. The van der Waals surface area contributed by atoms with E-state index in [1.807, 2.05) is 0 Å². The number of hydrogen-bond acceptors (Lipinski definition) is 8. The Morgan fingerprint density at radius 1 is 1.15 bits per heavy atom. The summed E-state index contributed by atoms with van der Waals surface area (Å²) in [5, 5.41) is 20.0. The molecule has 2 N–H and O–H groups in total. The van der Waals surface area contributed by atoms with Gasteiger partial charge in [0.05, 0.1) is 41.2 Å². The summed E-state index contributed by atoms with van der Waals surface area (Å²) in [5.74, 6) is -2.52. The highest BCUT2D eigenvalue weighted by atomic mass is 35.5. The molecule has 0 saturated carbocycles. The largest absolute Gasteiger partial charge is 0.455 e. The molecule has 1 fully saturated rings. The van der Waals surface area contributed by atoms with Crippen molar-refractivity contribution in [3.05, 3.63) is 74.9 Å². The van der Waals surface area contributed by atoms with E-state index in [0.717, 1.165) is 4.68 Å². The number of tetrazole rings is 1. The van der Waals surface area contributed by atoms with Crippen molar-refractivity contribution in [1.29, 1.82) is 0 Å². The van der Waals surface area contributed by atoms with E-state index in [9.17, 15) is 22.8 Å². The molecule has 17 heteroatoms. The minimum Gasteiger partial charge on any atom is -0.377 e. The lowest BCUT2D eigenvalue weighted by Crippen LogP contribution is -2.48. The van der Waals surface area contributed by atoms with Crippen LogP contribution < -0.4 is 10.6 Å². The number of carbonyl (C=O) groups excluding carboxylic acids is 2. The number of ether oxygens (including phenoxy) is 1. The first-order chi connectivity index (χ1) is 19.0. The van der Waals surface area contributed by atoms with Gasteiger partial charge in [-0.15, -0.1) is 10.2 Å². The fraction of sp³-hybridized carbons (Fsp3) is 0.261. The second-order valence-electron chi connectivity index (χ2n) is 8.69. The van der Waals surface area contributed by atoms with Crippen LogP contribution in [0.15, 0.2) is 36.5 Å². The van der Waals surface area contributed by atoms with E-state index in [0.29, 0.717) is 23.6 Å². The van der Waals surface area contributed by atoms with Crippen molar-refractivity contribution < 1.29 is 27.5 Å². The van der Waals surface area contributed by atoms with Crippen molar-refractivity contribution in [3.63, 3.8) is 0 Å². The molecule has 4 heterocycles. The number of aryl methyl sites for hydroxylation is 1. The number of aromatic nitrogens is 7. The molecule has 0 spiro atoms. The minimum absolute atomic E-state index is 0.0823. The van der Waals surface area contributed by atoms with Crippen LogP contribution in [0.5, 0.6) is 0 Å². The van der Waals surface area contributed by atoms with Gasteiger partial charge in [0.15, 0.2) is 5.82 Å². The lowest BCUT2D eigenvalue weighted by atomic mass is 10.1. The minimum atomic E-state index is -4.78. The van der Waals surface area contributed by atoms with E-state index in [-0.39, 0.29) is 51.1 Å². The van der Waals surface area contributed by atoms with Gasteiger partial charge in [0, 0.05) is 11.2 Å². The maximum Gasteiger partial charge on any atom is 0.455 e. The molecule has 1 saturated heterocycles. The standard InChI is InChI=1S/C23H18Cl2F3N9O3/c1-11-5-12(24)6-15(20(38)30-14-9-40-10-14)18(11)31-21(39)17-7-13(8-36-34-22(32-35-36)23(26,27)28)33-37(17)19-16(25)3-2-4-29-19/h2-7,14H,8-10H2,1H3,(H,30,38)(H,31,39). The first-order valence-corrected chi connectivity index (χ1v) is 12.3. The van der Waals surface area contributed by atoms with Crippen molar-refractivity contribution in [1.82, 2.24) is 40.3 Å². The molecule has 208 valence electrons. The molecule has 12 nitrogen and oxygen atoms in total. The van der Waals surface area contributed by atoms with Crippen molar-refractivity contribution in [2.75, 3.05) is 18.5 Å². The Labute approximate surface area is 233 Å². The molecule has 1 aliphatic rings. The van der Waals surface area contributed by atoms with E-state index >= 15 is 0 Å². The molecule has 4 aromatic rings. The molecular formula is C23H18Cl2F3N9O3. The predicted octanol–water partition coefficient (Wildman–Crippen LogP) is 3.32. The molecule has 0 aliphatic carbocycles. The molecule has 40 heavy (non-hydrogen) atoms. The number of nitrogens with one attached hydrogen (secondary N) is 2. The summed E-state index contributed by atoms with van der Waals surface area (Å²) >= 11 is 12.5. The zero-order chi connectivity index (χ0) is 28.6. The molecule has 0 unspecified atom stereocenters. The number of rotatable bonds is 7. The molecule has 0 atom stereocenters. The van der Waals surface area contributed by atoms with Crippen molar-refractivity contribution >= 4 is 40.7 Å². The lowest BCUT2D eigenvalue weighted by Gasteiger charge is -2.27. The number of nitrogens with zero attached hydrogens (tertiary/aromatic N) is 7. The summed E-state index contributed by atoms with van der Waals surface area (Å²) in [6.07, 6.45) is -3.36. The van der Waals surface area contributed by atoms with Crippen molar-refractivity contribution in [2.45, 2.75) is 25.7 Å². The number of carbonyl (C=O) groups is 2. The van der Waals surface area contributed by atoms with Gasteiger partial charge in [0.1, 0.15) is 12.2 Å². The molecule has 0 bridgehead atoms. The Kier molecular flexibility index (Phi) is 7.44. The van der Waals surface area contributed by atoms with Gasteiger partial charge in [-0.1, -0.05) is 23.2 Å². The van der Waals surface area contributed by atoms with Crippen molar-refractivity contribution in [3.8, 4) is 5.82 Å². The number of benzene rings is 1. The van der Waals surface area contributed by atoms with Gasteiger partial charge in [0.25, 0.3) is 17.6 Å². The fourth-order valence-corrected chi connectivity index (χ4v) is 4.25. The highest BCUT2D eigenvalue weighted by Gasteiger charge is 2.37. The highest BCUT2D eigenvalue weighted by Crippen LogP contribution is 2.28. The van der Waals surface area contributed by atoms with Crippen LogP contribution in [0, 0.1) is 6.92 Å². The van der Waals surface area contributed by atoms with Gasteiger partial charge in [-0.25, -0.2) is 9.67 Å². The third-order valence-corrected chi connectivity index (χ3v) is 6.21. The highest BCUT2D eigenvalue weighted by molar-refractivity contribution is 6.32. The van der Waals surface area contributed by atoms with Crippen LogP contribution in [0.2, 0.25) is 10.0 Å². The molecule has 5 rings (SSSR count). The summed E-state index contributed by atoms with van der Waals surface area (Å²) < 4.78 is 45.0. The second-order valence-corrected chi connectivity index (χ2v) is 9.53. The van der Waals surface area contributed by atoms with E-state index in [4.69, 9.17) is 27.9 Å². The molecule has 3 aromatic heterocycles. The first kappa shape index (κ1) is 27.5. The van der Waals surface area contributed by atoms with Gasteiger partial charge < -0.3 is 15.4 Å². The quantitative estimate of drug-likeness (QED) is 0.331. The average Bonchev–Trinajstić information content (AvgIpc) is 3.51. The summed E-state index contributed by atoms with van der Waals surface area (Å²) in [6.45, 7) is 2.05. The van der Waals surface area contributed by atoms with Gasteiger partial charge in [0.2, 0.25) is 0 Å². The van der Waals surface area contributed by atoms with E-state index in [2.05, 4.69) is 36.1 Å². The van der Waals surface area contributed by atoms with E-state index in [1.54, 1.807) is 19.1 Å². The predicted molar refractivity (Wildman–Crippen MR) is 135 cm³/mol.